The lowest BCUT2D eigenvalue weighted by molar-refractivity contribution is -0.111. The van der Waals surface area contributed by atoms with E-state index in [9.17, 15) is 4.79 Å². The third kappa shape index (κ3) is 6.57. The highest BCUT2D eigenvalue weighted by molar-refractivity contribution is 7.98. The van der Waals surface area contributed by atoms with Gasteiger partial charge in [0.15, 0.2) is 5.13 Å². The number of ether oxygens (including phenoxy) is 1. The van der Waals surface area contributed by atoms with Gasteiger partial charge in [-0.2, -0.15) is 0 Å². The van der Waals surface area contributed by atoms with Crippen LogP contribution in [0.15, 0.2) is 89.1 Å². The Hall–Kier alpha value is -3.35. The van der Waals surface area contributed by atoms with Crippen LogP contribution in [0, 0.1) is 6.92 Å². The molecule has 0 fully saturated rings. The van der Waals surface area contributed by atoms with Gasteiger partial charge in [0.1, 0.15) is 5.75 Å². The Labute approximate surface area is 202 Å². The zero-order valence-electron chi connectivity index (χ0n) is 18.4. The van der Waals surface area contributed by atoms with Crippen molar-refractivity contribution in [2.45, 2.75) is 17.6 Å². The molecule has 0 spiro atoms. The summed E-state index contributed by atoms with van der Waals surface area (Å²) in [6.45, 7) is 2.11. The third-order valence-electron chi connectivity index (χ3n) is 4.92. The maximum atomic E-state index is 12.3. The Morgan fingerprint density at radius 2 is 1.88 bits per heavy atom. The van der Waals surface area contributed by atoms with Gasteiger partial charge in [-0.3, -0.25) is 10.1 Å². The van der Waals surface area contributed by atoms with Gasteiger partial charge in [0.05, 0.1) is 12.8 Å². The molecule has 0 aliphatic rings. The molecule has 1 heterocycles. The lowest BCUT2D eigenvalue weighted by Gasteiger charge is -2.04. The van der Waals surface area contributed by atoms with Crippen molar-refractivity contribution < 1.29 is 9.53 Å². The predicted octanol–water partition coefficient (Wildman–Crippen LogP) is 7.07. The quantitative estimate of drug-likeness (QED) is 0.220. The molecule has 0 saturated heterocycles. The molecule has 6 heteroatoms. The maximum Gasteiger partial charge on any atom is 0.250 e. The minimum atomic E-state index is -0.205. The van der Waals surface area contributed by atoms with Crippen molar-refractivity contribution in [1.82, 2.24) is 4.98 Å². The molecule has 0 aliphatic heterocycles. The number of carbonyl (C=O) groups is 1. The van der Waals surface area contributed by atoms with Crippen LogP contribution in [0.25, 0.3) is 17.3 Å². The average Bonchev–Trinajstić information content (AvgIpc) is 3.30. The molecule has 1 amide bonds. The number of nitrogens with zero attached hydrogens (tertiary/aromatic N) is 1. The Kier molecular flexibility index (Phi) is 7.60. The smallest absolute Gasteiger partial charge is 0.250 e. The van der Waals surface area contributed by atoms with E-state index >= 15 is 0 Å². The van der Waals surface area contributed by atoms with E-state index in [0.717, 1.165) is 28.3 Å². The van der Waals surface area contributed by atoms with E-state index in [1.54, 1.807) is 18.9 Å². The van der Waals surface area contributed by atoms with Crippen molar-refractivity contribution in [3.63, 3.8) is 0 Å². The fourth-order valence-electron chi connectivity index (χ4n) is 3.19. The highest BCUT2D eigenvalue weighted by atomic mass is 32.2. The van der Waals surface area contributed by atoms with E-state index < -0.39 is 0 Å². The largest absolute Gasteiger partial charge is 0.497 e. The second kappa shape index (κ2) is 11.0. The average molecular weight is 473 g/mol. The number of thioether (sulfide) groups is 1. The van der Waals surface area contributed by atoms with Crippen molar-refractivity contribution in [1.29, 1.82) is 0 Å². The van der Waals surface area contributed by atoms with Gasteiger partial charge in [-0.15, -0.1) is 23.1 Å². The maximum absolute atomic E-state index is 12.3. The number of hydrogen-bond acceptors (Lipinski definition) is 5. The van der Waals surface area contributed by atoms with Crippen LogP contribution in [-0.2, 0) is 10.5 Å². The number of anilines is 1. The van der Waals surface area contributed by atoms with Crippen molar-refractivity contribution in [2.75, 3.05) is 12.4 Å². The van der Waals surface area contributed by atoms with Gasteiger partial charge in [-0.1, -0.05) is 42.0 Å². The number of hydrogen-bond donors (Lipinski definition) is 1. The molecule has 1 N–H and O–H groups in total. The Morgan fingerprint density at radius 3 is 2.61 bits per heavy atom. The van der Waals surface area contributed by atoms with Crippen LogP contribution in [-0.4, -0.2) is 18.0 Å². The zero-order chi connectivity index (χ0) is 23.0. The summed E-state index contributed by atoms with van der Waals surface area (Å²) in [5.41, 5.74) is 5.37. The number of aryl methyl sites for hydroxylation is 1. The molecule has 4 rings (SSSR count). The topological polar surface area (TPSA) is 51.2 Å². The molecule has 166 valence electrons. The molecule has 0 atom stereocenters. The summed E-state index contributed by atoms with van der Waals surface area (Å²) in [5, 5.41) is 5.32. The number of rotatable bonds is 8. The number of aromatic nitrogens is 1. The first-order valence-electron chi connectivity index (χ1n) is 10.5. The molecule has 0 bridgehead atoms. The van der Waals surface area contributed by atoms with Crippen LogP contribution < -0.4 is 10.1 Å². The number of benzene rings is 3. The summed E-state index contributed by atoms with van der Waals surface area (Å²) in [5.74, 6) is 1.53. The van der Waals surface area contributed by atoms with Gasteiger partial charge < -0.3 is 4.74 Å². The molecular formula is C27H24N2O2S2. The molecule has 0 aliphatic carbocycles. The molecule has 3 aromatic carbocycles. The van der Waals surface area contributed by atoms with Gasteiger partial charge >= 0.3 is 0 Å². The van der Waals surface area contributed by atoms with Crippen LogP contribution in [0.4, 0.5) is 5.13 Å². The van der Waals surface area contributed by atoms with Crippen molar-refractivity contribution in [3.8, 4) is 17.0 Å². The second-order valence-electron chi connectivity index (χ2n) is 7.44. The number of methoxy groups -OCH3 is 1. The standard InChI is InChI=1S/C27H24N2O2S2/c1-19-4-3-5-21(16-19)17-32-24-13-6-20(7-14-24)8-15-26(30)29-27-28-25(18-33-27)22-9-11-23(31-2)12-10-22/h3-16,18H,17H2,1-2H3,(H,28,29,30)/b15-8-. The Morgan fingerprint density at radius 1 is 1.09 bits per heavy atom. The van der Waals surface area contributed by atoms with Crippen LogP contribution in [0.5, 0.6) is 5.75 Å². The minimum Gasteiger partial charge on any atom is -0.497 e. The van der Waals surface area contributed by atoms with Crippen molar-refractivity contribution in [3.05, 3.63) is 101 Å². The summed E-state index contributed by atoms with van der Waals surface area (Å²) in [6, 6.07) is 24.5. The first-order valence-corrected chi connectivity index (χ1v) is 12.3. The van der Waals surface area contributed by atoms with E-state index in [4.69, 9.17) is 4.74 Å². The molecule has 33 heavy (non-hydrogen) atoms. The van der Waals surface area contributed by atoms with Gasteiger partial charge in [0.25, 0.3) is 0 Å². The van der Waals surface area contributed by atoms with Crippen molar-refractivity contribution in [2.24, 2.45) is 0 Å². The second-order valence-corrected chi connectivity index (χ2v) is 9.34. The van der Waals surface area contributed by atoms with Gasteiger partial charge in [0, 0.05) is 27.7 Å². The number of thiazole rings is 1. The molecule has 0 unspecified atom stereocenters. The van der Waals surface area contributed by atoms with Crippen LogP contribution in [0.3, 0.4) is 0 Å². The molecule has 0 saturated carbocycles. The van der Waals surface area contributed by atoms with Gasteiger partial charge in [-0.05, 0) is 60.5 Å². The summed E-state index contributed by atoms with van der Waals surface area (Å²) in [6.07, 6.45) is 3.34. The normalized spacial score (nSPS) is 11.0. The summed E-state index contributed by atoms with van der Waals surface area (Å²) in [4.78, 5) is 18.0. The first kappa shape index (κ1) is 22.8. The lowest BCUT2D eigenvalue weighted by Crippen LogP contribution is -2.07. The molecule has 4 nitrogen and oxygen atoms in total. The van der Waals surface area contributed by atoms with E-state index in [1.165, 1.54) is 33.4 Å². The SMILES string of the molecule is COc1ccc(-c2csc(NC(=O)/C=C\c3ccc(SCc4cccc(C)c4)cc3)n2)cc1. The minimum absolute atomic E-state index is 0.205. The van der Waals surface area contributed by atoms with E-state index in [1.807, 2.05) is 47.9 Å². The monoisotopic (exact) mass is 472 g/mol. The fourth-order valence-corrected chi connectivity index (χ4v) is 4.75. The Bertz CT molecular complexity index is 1250. The molecule has 4 aromatic rings. The predicted molar refractivity (Wildman–Crippen MR) is 139 cm³/mol. The van der Waals surface area contributed by atoms with E-state index in [2.05, 4.69) is 53.6 Å². The summed E-state index contributed by atoms with van der Waals surface area (Å²) in [7, 11) is 1.64. The van der Waals surface area contributed by atoms with E-state index in [0.29, 0.717) is 5.13 Å². The molecule has 0 radical (unpaired) electrons. The van der Waals surface area contributed by atoms with Gasteiger partial charge in [-0.25, -0.2) is 4.98 Å². The highest BCUT2D eigenvalue weighted by Crippen LogP contribution is 2.27. The summed E-state index contributed by atoms with van der Waals surface area (Å²) >= 11 is 3.20. The van der Waals surface area contributed by atoms with Gasteiger partial charge in [0.2, 0.25) is 5.91 Å². The Balaban J connectivity index is 1.30. The zero-order valence-corrected chi connectivity index (χ0v) is 20.1. The first-order chi connectivity index (χ1) is 16.1. The third-order valence-corrected chi connectivity index (χ3v) is 6.76. The molecular weight excluding hydrogens is 448 g/mol. The van der Waals surface area contributed by atoms with E-state index in [-0.39, 0.29) is 5.91 Å². The van der Waals surface area contributed by atoms with Crippen LogP contribution in [0.2, 0.25) is 0 Å². The van der Waals surface area contributed by atoms with Crippen molar-refractivity contribution >= 4 is 40.2 Å². The highest BCUT2D eigenvalue weighted by Gasteiger charge is 2.07. The van der Waals surface area contributed by atoms with Crippen LogP contribution in [0.1, 0.15) is 16.7 Å². The fraction of sp³-hybridized carbons (Fsp3) is 0.111. The number of nitrogens with one attached hydrogen (secondary N) is 1. The number of amides is 1. The molecule has 1 aromatic heterocycles. The lowest BCUT2D eigenvalue weighted by atomic mass is 10.2. The summed E-state index contributed by atoms with van der Waals surface area (Å²) < 4.78 is 5.18. The van der Waals surface area contributed by atoms with Crippen LogP contribution >= 0.6 is 23.1 Å². The number of carbonyl (C=O) groups excluding carboxylic acids is 1.